The van der Waals surface area contributed by atoms with Gasteiger partial charge < -0.3 is 4.90 Å². The molecule has 0 saturated carbocycles. The summed E-state index contributed by atoms with van der Waals surface area (Å²) < 4.78 is 0. The number of benzene rings is 2. The predicted molar refractivity (Wildman–Crippen MR) is 123 cm³/mol. The second-order valence-electron chi connectivity index (χ2n) is 8.59. The summed E-state index contributed by atoms with van der Waals surface area (Å²) in [5.41, 5.74) is 3.06. The fourth-order valence-electron chi connectivity index (χ4n) is 4.24. The standard InChI is InChI=1S/C25H28ClN3O2/c1-18(2)16-29-24(30)22(20-8-10-21(26)11-9-20)23(25(29)31)28-14-12-27(13-15-28)17-19-6-4-3-5-7-19/h3-11,18H,12-17H2,1-2H3. The van der Waals surface area contributed by atoms with E-state index in [9.17, 15) is 9.59 Å². The van der Waals surface area contributed by atoms with Gasteiger partial charge in [0.15, 0.2) is 0 Å². The molecule has 2 heterocycles. The molecule has 0 radical (unpaired) electrons. The van der Waals surface area contributed by atoms with Crippen molar-refractivity contribution in [1.82, 2.24) is 14.7 Å². The van der Waals surface area contributed by atoms with E-state index in [-0.39, 0.29) is 17.7 Å². The van der Waals surface area contributed by atoms with Gasteiger partial charge in [-0.3, -0.25) is 19.4 Å². The minimum atomic E-state index is -0.206. The van der Waals surface area contributed by atoms with E-state index < -0.39 is 0 Å². The second-order valence-corrected chi connectivity index (χ2v) is 9.03. The molecule has 2 aliphatic rings. The summed E-state index contributed by atoms with van der Waals surface area (Å²) in [6.45, 7) is 8.47. The molecule has 1 fully saturated rings. The van der Waals surface area contributed by atoms with Crippen LogP contribution in [-0.4, -0.2) is 59.2 Å². The van der Waals surface area contributed by atoms with Gasteiger partial charge in [-0.2, -0.15) is 0 Å². The SMILES string of the molecule is CC(C)CN1C(=O)C(c2ccc(Cl)cc2)=C(N2CCN(Cc3ccccc3)CC2)C1=O. The normalized spacial score (nSPS) is 17.9. The molecule has 2 aromatic carbocycles. The lowest BCUT2D eigenvalue weighted by Gasteiger charge is -2.36. The van der Waals surface area contributed by atoms with E-state index in [0.29, 0.717) is 35.9 Å². The first-order valence-corrected chi connectivity index (χ1v) is 11.2. The lowest BCUT2D eigenvalue weighted by Crippen LogP contribution is -2.47. The van der Waals surface area contributed by atoms with Crippen LogP contribution in [-0.2, 0) is 16.1 Å². The first-order chi connectivity index (χ1) is 14.9. The highest BCUT2D eigenvalue weighted by Gasteiger charge is 2.42. The van der Waals surface area contributed by atoms with Gasteiger partial charge >= 0.3 is 0 Å². The van der Waals surface area contributed by atoms with Gasteiger partial charge in [-0.05, 0) is 29.2 Å². The summed E-state index contributed by atoms with van der Waals surface area (Å²) in [4.78, 5) is 32.5. The van der Waals surface area contributed by atoms with Crippen LogP contribution in [0.15, 0.2) is 60.3 Å². The molecule has 0 aliphatic carbocycles. The lowest BCUT2D eigenvalue weighted by molar-refractivity contribution is -0.138. The maximum Gasteiger partial charge on any atom is 0.277 e. The highest BCUT2D eigenvalue weighted by atomic mass is 35.5. The Hall–Kier alpha value is -2.63. The molecule has 2 aliphatic heterocycles. The molecule has 5 nitrogen and oxygen atoms in total. The molecule has 2 aromatic rings. The largest absolute Gasteiger partial charge is 0.364 e. The van der Waals surface area contributed by atoms with E-state index in [4.69, 9.17) is 11.6 Å². The predicted octanol–water partition coefficient (Wildman–Crippen LogP) is 3.89. The van der Waals surface area contributed by atoms with E-state index in [1.807, 2.05) is 32.0 Å². The minimum absolute atomic E-state index is 0.180. The summed E-state index contributed by atoms with van der Waals surface area (Å²) in [5.74, 6) is -0.177. The number of imide groups is 1. The first kappa shape index (κ1) is 21.6. The minimum Gasteiger partial charge on any atom is -0.364 e. The molecule has 0 aromatic heterocycles. The van der Waals surface area contributed by atoms with Crippen molar-refractivity contribution < 1.29 is 9.59 Å². The number of nitrogens with zero attached hydrogens (tertiary/aromatic N) is 3. The van der Waals surface area contributed by atoms with Crippen molar-refractivity contribution in [3.05, 3.63) is 76.4 Å². The summed E-state index contributed by atoms with van der Waals surface area (Å²) in [7, 11) is 0. The van der Waals surface area contributed by atoms with Crippen LogP contribution >= 0.6 is 11.6 Å². The molecule has 0 bridgehead atoms. The van der Waals surface area contributed by atoms with Crippen molar-refractivity contribution in [2.75, 3.05) is 32.7 Å². The molecule has 0 unspecified atom stereocenters. The molecule has 0 atom stereocenters. The Bertz CT molecular complexity index is 978. The number of carbonyl (C=O) groups excluding carboxylic acids is 2. The molecule has 31 heavy (non-hydrogen) atoms. The molecular formula is C25H28ClN3O2. The Balaban J connectivity index is 1.58. The topological polar surface area (TPSA) is 43.9 Å². The van der Waals surface area contributed by atoms with Gasteiger partial charge in [0.05, 0.1) is 5.57 Å². The van der Waals surface area contributed by atoms with E-state index in [1.54, 1.807) is 12.1 Å². The van der Waals surface area contributed by atoms with Crippen LogP contribution in [0.3, 0.4) is 0 Å². The summed E-state index contributed by atoms with van der Waals surface area (Å²) >= 11 is 6.05. The average Bonchev–Trinajstić information content (AvgIpc) is 3.00. The summed E-state index contributed by atoms with van der Waals surface area (Å²) in [5, 5.41) is 0.608. The van der Waals surface area contributed by atoms with Gasteiger partial charge in [-0.25, -0.2) is 0 Å². The highest BCUT2D eigenvalue weighted by molar-refractivity contribution is 6.36. The third-order valence-corrected chi connectivity index (χ3v) is 6.01. The van der Waals surface area contributed by atoms with E-state index in [2.05, 4.69) is 34.1 Å². The number of rotatable bonds is 6. The zero-order valence-electron chi connectivity index (χ0n) is 18.1. The molecule has 1 saturated heterocycles. The van der Waals surface area contributed by atoms with Crippen LogP contribution in [0.2, 0.25) is 5.02 Å². The Morgan fingerprint density at radius 1 is 0.871 bits per heavy atom. The van der Waals surface area contributed by atoms with E-state index in [0.717, 1.165) is 25.2 Å². The van der Waals surface area contributed by atoms with Crippen molar-refractivity contribution in [3.63, 3.8) is 0 Å². The third-order valence-electron chi connectivity index (χ3n) is 5.76. The van der Waals surface area contributed by atoms with Gasteiger partial charge in [-0.1, -0.05) is 67.9 Å². The van der Waals surface area contributed by atoms with Crippen LogP contribution < -0.4 is 0 Å². The van der Waals surface area contributed by atoms with Crippen LogP contribution in [0.5, 0.6) is 0 Å². The zero-order chi connectivity index (χ0) is 22.0. The summed E-state index contributed by atoms with van der Waals surface area (Å²) in [6.07, 6.45) is 0. The highest BCUT2D eigenvalue weighted by Crippen LogP contribution is 2.33. The lowest BCUT2D eigenvalue weighted by atomic mass is 10.0. The number of halogens is 1. The molecular weight excluding hydrogens is 410 g/mol. The number of piperazine rings is 1. The fraction of sp³-hybridized carbons (Fsp3) is 0.360. The van der Waals surface area contributed by atoms with Crippen molar-refractivity contribution in [3.8, 4) is 0 Å². The van der Waals surface area contributed by atoms with Gasteiger partial charge in [0, 0.05) is 44.3 Å². The molecule has 4 rings (SSSR count). The number of amides is 2. The molecule has 2 amide bonds. The molecule has 162 valence electrons. The van der Waals surface area contributed by atoms with E-state index >= 15 is 0 Å². The monoisotopic (exact) mass is 437 g/mol. The van der Waals surface area contributed by atoms with Crippen LogP contribution in [0.25, 0.3) is 5.57 Å². The van der Waals surface area contributed by atoms with Crippen LogP contribution in [0.4, 0.5) is 0 Å². The van der Waals surface area contributed by atoms with Crippen molar-refractivity contribution in [2.45, 2.75) is 20.4 Å². The third kappa shape index (κ3) is 4.68. The van der Waals surface area contributed by atoms with Crippen LogP contribution in [0.1, 0.15) is 25.0 Å². The van der Waals surface area contributed by atoms with Gasteiger partial charge in [-0.15, -0.1) is 0 Å². The molecule has 0 spiro atoms. The molecule has 6 heteroatoms. The average molecular weight is 438 g/mol. The summed E-state index contributed by atoms with van der Waals surface area (Å²) in [6, 6.07) is 17.6. The van der Waals surface area contributed by atoms with E-state index in [1.165, 1.54) is 10.5 Å². The van der Waals surface area contributed by atoms with Crippen molar-refractivity contribution in [1.29, 1.82) is 0 Å². The second kappa shape index (κ2) is 9.25. The van der Waals surface area contributed by atoms with Gasteiger partial charge in [0.25, 0.3) is 11.8 Å². The Labute approximate surface area is 188 Å². The molecule has 0 N–H and O–H groups in total. The van der Waals surface area contributed by atoms with Gasteiger partial charge in [0.2, 0.25) is 0 Å². The number of hydrogen-bond acceptors (Lipinski definition) is 4. The Morgan fingerprint density at radius 2 is 1.52 bits per heavy atom. The fourth-order valence-corrected chi connectivity index (χ4v) is 4.36. The quantitative estimate of drug-likeness (QED) is 0.643. The van der Waals surface area contributed by atoms with Crippen molar-refractivity contribution in [2.24, 2.45) is 5.92 Å². The number of hydrogen-bond donors (Lipinski definition) is 0. The van der Waals surface area contributed by atoms with Crippen molar-refractivity contribution >= 4 is 29.0 Å². The van der Waals surface area contributed by atoms with Crippen LogP contribution in [0, 0.1) is 5.92 Å². The zero-order valence-corrected chi connectivity index (χ0v) is 18.8. The smallest absolute Gasteiger partial charge is 0.277 e. The van der Waals surface area contributed by atoms with Gasteiger partial charge in [0.1, 0.15) is 5.70 Å². The maximum absolute atomic E-state index is 13.3. The number of carbonyl (C=O) groups is 2. The first-order valence-electron chi connectivity index (χ1n) is 10.8. The Kier molecular flexibility index (Phi) is 6.44. The maximum atomic E-state index is 13.3. The Morgan fingerprint density at radius 3 is 2.13 bits per heavy atom.